The summed E-state index contributed by atoms with van der Waals surface area (Å²) in [7, 11) is 0. The molecule has 1 aliphatic rings. The third kappa shape index (κ3) is 3.01. The Hall–Kier alpha value is -1.26. The van der Waals surface area contributed by atoms with Gasteiger partial charge < -0.3 is 5.32 Å². The zero-order valence-electron chi connectivity index (χ0n) is 10.6. The number of nitrogens with zero attached hydrogens (tertiary/aromatic N) is 2. The van der Waals surface area contributed by atoms with Crippen LogP contribution in [0, 0.1) is 0 Å². The smallest absolute Gasteiger partial charge is 0.135 e. The van der Waals surface area contributed by atoms with Gasteiger partial charge in [-0.25, -0.2) is 9.97 Å². The van der Waals surface area contributed by atoms with E-state index in [0.29, 0.717) is 11.1 Å². The minimum Gasteiger partial charge on any atom is -0.339 e. The number of hydrogen-bond acceptors (Lipinski definition) is 4. The van der Waals surface area contributed by atoms with Crippen molar-refractivity contribution < 1.29 is 0 Å². The van der Waals surface area contributed by atoms with Gasteiger partial charge in [0.2, 0.25) is 0 Å². The highest BCUT2D eigenvalue weighted by molar-refractivity contribution is 7.98. The van der Waals surface area contributed by atoms with Crippen molar-refractivity contribution in [1.82, 2.24) is 9.97 Å². The third-order valence-electron chi connectivity index (χ3n) is 3.02. The summed E-state index contributed by atoms with van der Waals surface area (Å²) in [4.78, 5) is 10.0. The first-order chi connectivity index (χ1) is 9.26. The van der Waals surface area contributed by atoms with Crippen LogP contribution in [-0.4, -0.2) is 16.2 Å². The lowest BCUT2D eigenvalue weighted by Gasteiger charge is -2.10. The molecule has 0 saturated heterocycles. The largest absolute Gasteiger partial charge is 0.339 e. The molecule has 3 rings (SSSR count). The van der Waals surface area contributed by atoms with E-state index in [0.717, 1.165) is 17.3 Å². The lowest BCUT2D eigenvalue weighted by Crippen LogP contribution is -2.00. The van der Waals surface area contributed by atoms with Gasteiger partial charge in [-0.05, 0) is 31.2 Å². The second kappa shape index (κ2) is 5.39. The van der Waals surface area contributed by atoms with Crippen LogP contribution in [0.15, 0.2) is 35.2 Å². The van der Waals surface area contributed by atoms with Crippen molar-refractivity contribution in [3.8, 4) is 0 Å². The molecule has 0 spiro atoms. The number of benzene rings is 1. The summed E-state index contributed by atoms with van der Waals surface area (Å²) in [5.41, 5.74) is 1.05. The predicted octanol–water partition coefficient (Wildman–Crippen LogP) is 4.47. The molecular weight excluding hydrogens is 278 g/mol. The molecule has 1 N–H and O–H groups in total. The lowest BCUT2D eigenvalue weighted by atomic mass is 10.3. The first-order valence-electron chi connectivity index (χ1n) is 6.21. The van der Waals surface area contributed by atoms with Gasteiger partial charge in [0.05, 0.1) is 5.69 Å². The zero-order valence-corrected chi connectivity index (χ0v) is 12.1. The Kier molecular flexibility index (Phi) is 3.62. The van der Waals surface area contributed by atoms with E-state index < -0.39 is 0 Å². The number of thioether (sulfide) groups is 1. The van der Waals surface area contributed by atoms with Gasteiger partial charge in [0.1, 0.15) is 16.8 Å². The van der Waals surface area contributed by atoms with Crippen molar-refractivity contribution >= 4 is 34.9 Å². The first kappa shape index (κ1) is 12.8. The maximum absolute atomic E-state index is 6.07. The van der Waals surface area contributed by atoms with E-state index in [1.807, 2.05) is 18.2 Å². The standard InChI is InChI=1S/C14H14ClN3S/c1-19-11-5-3-2-4-10(11)16-13-8-12(15)17-14(18-13)9-6-7-9/h2-5,8-9H,6-7H2,1H3,(H,16,17,18). The minimum absolute atomic E-state index is 0.495. The van der Waals surface area contributed by atoms with Crippen molar-refractivity contribution in [3.63, 3.8) is 0 Å². The number of anilines is 2. The van der Waals surface area contributed by atoms with Crippen LogP contribution in [-0.2, 0) is 0 Å². The molecule has 1 heterocycles. The quantitative estimate of drug-likeness (QED) is 0.666. The highest BCUT2D eigenvalue weighted by Gasteiger charge is 2.27. The van der Waals surface area contributed by atoms with E-state index in [1.165, 1.54) is 17.7 Å². The van der Waals surface area contributed by atoms with Crippen LogP contribution in [0.25, 0.3) is 0 Å². The Morgan fingerprint density at radius 3 is 2.79 bits per heavy atom. The second-order valence-corrected chi connectivity index (χ2v) is 5.77. The molecule has 1 aliphatic carbocycles. The van der Waals surface area contributed by atoms with Crippen molar-refractivity contribution in [2.75, 3.05) is 11.6 Å². The highest BCUT2D eigenvalue weighted by atomic mass is 35.5. The fourth-order valence-corrected chi connectivity index (χ4v) is 2.65. The van der Waals surface area contributed by atoms with Crippen molar-refractivity contribution in [2.24, 2.45) is 0 Å². The van der Waals surface area contributed by atoms with Gasteiger partial charge in [-0.15, -0.1) is 11.8 Å². The molecular formula is C14H14ClN3S. The minimum atomic E-state index is 0.495. The zero-order chi connectivity index (χ0) is 13.2. The van der Waals surface area contributed by atoms with Crippen LogP contribution in [0.5, 0.6) is 0 Å². The Morgan fingerprint density at radius 1 is 1.26 bits per heavy atom. The number of hydrogen-bond donors (Lipinski definition) is 1. The summed E-state index contributed by atoms with van der Waals surface area (Å²) >= 11 is 7.77. The average molecular weight is 292 g/mol. The van der Waals surface area contributed by atoms with Crippen LogP contribution in [0.4, 0.5) is 11.5 Å². The van der Waals surface area contributed by atoms with E-state index in [-0.39, 0.29) is 0 Å². The van der Waals surface area contributed by atoms with E-state index in [4.69, 9.17) is 11.6 Å². The molecule has 5 heteroatoms. The van der Waals surface area contributed by atoms with Crippen LogP contribution < -0.4 is 5.32 Å². The molecule has 0 bridgehead atoms. The maximum Gasteiger partial charge on any atom is 0.135 e. The summed E-state index contributed by atoms with van der Waals surface area (Å²) in [6.45, 7) is 0. The molecule has 0 unspecified atom stereocenters. The molecule has 1 saturated carbocycles. The topological polar surface area (TPSA) is 37.8 Å². The van der Waals surface area contributed by atoms with Gasteiger partial charge in [-0.2, -0.15) is 0 Å². The van der Waals surface area contributed by atoms with Crippen molar-refractivity contribution in [1.29, 1.82) is 0 Å². The summed E-state index contributed by atoms with van der Waals surface area (Å²) in [5, 5.41) is 3.83. The highest BCUT2D eigenvalue weighted by Crippen LogP contribution is 2.39. The Morgan fingerprint density at radius 2 is 2.05 bits per heavy atom. The van der Waals surface area contributed by atoms with Gasteiger partial charge >= 0.3 is 0 Å². The molecule has 1 aromatic carbocycles. The van der Waals surface area contributed by atoms with Gasteiger partial charge in [0, 0.05) is 16.9 Å². The van der Waals surface area contributed by atoms with Crippen LogP contribution in [0.3, 0.4) is 0 Å². The van der Waals surface area contributed by atoms with Crippen molar-refractivity contribution in [2.45, 2.75) is 23.7 Å². The maximum atomic E-state index is 6.07. The monoisotopic (exact) mass is 291 g/mol. The molecule has 0 radical (unpaired) electrons. The molecule has 1 aromatic heterocycles. The number of para-hydroxylation sites is 1. The Labute approximate surface area is 121 Å². The summed E-state index contributed by atoms with van der Waals surface area (Å²) in [5.74, 6) is 2.12. The second-order valence-electron chi connectivity index (χ2n) is 4.53. The van der Waals surface area contributed by atoms with E-state index in [2.05, 4.69) is 27.6 Å². The van der Waals surface area contributed by atoms with Crippen LogP contribution in [0.2, 0.25) is 5.15 Å². The SMILES string of the molecule is CSc1ccccc1Nc1cc(Cl)nc(C2CC2)n1. The molecule has 1 fully saturated rings. The van der Waals surface area contributed by atoms with Gasteiger partial charge in [0.15, 0.2) is 0 Å². The van der Waals surface area contributed by atoms with E-state index >= 15 is 0 Å². The van der Waals surface area contributed by atoms with E-state index in [1.54, 1.807) is 17.8 Å². The molecule has 0 aliphatic heterocycles. The summed E-state index contributed by atoms with van der Waals surface area (Å²) in [6.07, 6.45) is 4.39. The molecule has 3 nitrogen and oxygen atoms in total. The van der Waals surface area contributed by atoms with Crippen molar-refractivity contribution in [3.05, 3.63) is 41.3 Å². The fourth-order valence-electron chi connectivity index (χ4n) is 1.91. The van der Waals surface area contributed by atoms with Crippen LogP contribution >= 0.6 is 23.4 Å². The normalized spacial score (nSPS) is 14.4. The Bertz CT molecular complexity index is 599. The number of aromatic nitrogens is 2. The number of halogens is 1. The Balaban J connectivity index is 1.90. The predicted molar refractivity (Wildman–Crippen MR) is 80.5 cm³/mol. The fraction of sp³-hybridized carbons (Fsp3) is 0.286. The van der Waals surface area contributed by atoms with Gasteiger partial charge in [0.25, 0.3) is 0 Å². The molecule has 2 aromatic rings. The molecule has 0 amide bonds. The summed E-state index contributed by atoms with van der Waals surface area (Å²) in [6, 6.07) is 9.92. The number of nitrogens with one attached hydrogen (secondary N) is 1. The first-order valence-corrected chi connectivity index (χ1v) is 7.81. The van der Waals surface area contributed by atoms with E-state index in [9.17, 15) is 0 Å². The molecule has 98 valence electrons. The third-order valence-corrected chi connectivity index (χ3v) is 4.01. The molecule has 0 atom stereocenters. The average Bonchev–Trinajstić information content (AvgIpc) is 3.23. The van der Waals surface area contributed by atoms with Crippen LogP contribution in [0.1, 0.15) is 24.6 Å². The lowest BCUT2D eigenvalue weighted by molar-refractivity contribution is 0.930. The molecule has 19 heavy (non-hydrogen) atoms. The van der Waals surface area contributed by atoms with Gasteiger partial charge in [-0.3, -0.25) is 0 Å². The summed E-state index contributed by atoms with van der Waals surface area (Å²) < 4.78 is 0. The number of rotatable bonds is 4. The van der Waals surface area contributed by atoms with Gasteiger partial charge in [-0.1, -0.05) is 23.7 Å².